The third-order valence-electron chi connectivity index (χ3n) is 6.99. The van der Waals surface area contributed by atoms with E-state index in [4.69, 9.17) is 9.47 Å². The fourth-order valence-electron chi connectivity index (χ4n) is 5.06. The van der Waals surface area contributed by atoms with E-state index in [0.717, 1.165) is 52.6 Å². The van der Waals surface area contributed by atoms with Crippen molar-refractivity contribution in [3.05, 3.63) is 46.3 Å². The molecule has 1 aromatic heterocycles. The number of ether oxygens (including phenoxy) is 2. The van der Waals surface area contributed by atoms with Crippen molar-refractivity contribution in [1.29, 1.82) is 0 Å². The van der Waals surface area contributed by atoms with Crippen LogP contribution in [0.15, 0.2) is 24.0 Å². The van der Waals surface area contributed by atoms with E-state index in [0.29, 0.717) is 17.8 Å². The Balaban J connectivity index is 1.91. The molecule has 2 aromatic rings. The smallest absolute Gasteiger partial charge is 0.0773 e. The van der Waals surface area contributed by atoms with Crippen molar-refractivity contribution in [2.75, 3.05) is 52.6 Å². The Morgan fingerprint density at radius 3 is 1.62 bits per heavy atom. The summed E-state index contributed by atoms with van der Waals surface area (Å²) in [5, 5.41) is 3.31. The van der Waals surface area contributed by atoms with Gasteiger partial charge in [0.1, 0.15) is 0 Å². The predicted octanol–water partition coefficient (Wildman–Crippen LogP) is 6.94. The minimum absolute atomic E-state index is 0.507. The zero-order chi connectivity index (χ0) is 24.4. The van der Waals surface area contributed by atoms with Crippen LogP contribution in [0.1, 0.15) is 81.5 Å². The molecule has 0 N–H and O–H groups in total. The number of benzene rings is 1. The van der Waals surface area contributed by atoms with Crippen LogP contribution in [0.3, 0.4) is 0 Å². The van der Waals surface area contributed by atoms with Gasteiger partial charge in [-0.3, -0.25) is 9.34 Å². The summed E-state index contributed by atoms with van der Waals surface area (Å²) in [6, 6.07) is 7.61. The van der Waals surface area contributed by atoms with Crippen molar-refractivity contribution >= 4 is 20.8 Å². The van der Waals surface area contributed by atoms with E-state index in [1.165, 1.54) is 11.1 Å². The van der Waals surface area contributed by atoms with Crippen molar-refractivity contribution in [2.45, 2.75) is 66.2 Å². The average molecular weight is 503 g/mol. The van der Waals surface area contributed by atoms with Crippen LogP contribution in [0.25, 0.3) is 5.30 Å². The summed E-state index contributed by atoms with van der Waals surface area (Å²) >= 11 is 0. The lowest BCUT2D eigenvalue weighted by Crippen LogP contribution is -2.43. The number of aryl methyl sites for hydroxylation is 1. The number of hydrogen-bond acceptors (Lipinski definition) is 4. The fourth-order valence-corrected chi connectivity index (χ4v) is 11.9. The molecular weight excluding hydrogens is 458 g/mol. The van der Waals surface area contributed by atoms with Crippen LogP contribution < -0.4 is 5.04 Å². The van der Waals surface area contributed by atoms with Crippen LogP contribution in [0.5, 0.6) is 0 Å². The summed E-state index contributed by atoms with van der Waals surface area (Å²) in [5.41, 5.74) is 6.06. The molecule has 3 heterocycles. The first-order valence-electron chi connectivity index (χ1n) is 13.1. The molecule has 2 fully saturated rings. The molecule has 6 heteroatoms. The van der Waals surface area contributed by atoms with Crippen LogP contribution in [-0.4, -0.2) is 61.9 Å². The number of morpholine rings is 2. The van der Waals surface area contributed by atoms with Gasteiger partial charge in [-0.05, 0) is 58.8 Å². The van der Waals surface area contributed by atoms with Crippen LogP contribution in [0.2, 0.25) is 0 Å². The number of nitrogens with zero attached hydrogens (tertiary/aromatic N) is 2. The first kappa shape index (κ1) is 26.3. The van der Waals surface area contributed by atoms with Crippen LogP contribution >= 0.6 is 15.8 Å². The predicted molar refractivity (Wildman–Crippen MR) is 149 cm³/mol. The Bertz CT molecular complexity index is 910. The monoisotopic (exact) mass is 502 g/mol. The van der Waals surface area contributed by atoms with Gasteiger partial charge in [0.2, 0.25) is 0 Å². The second-order valence-electron chi connectivity index (χ2n) is 10.7. The molecule has 4 nitrogen and oxygen atoms in total. The highest BCUT2D eigenvalue weighted by molar-refractivity contribution is 7.79. The maximum absolute atomic E-state index is 5.77. The second kappa shape index (κ2) is 11.5. The maximum atomic E-state index is 5.77. The van der Waals surface area contributed by atoms with Crippen LogP contribution in [0.4, 0.5) is 0 Å². The summed E-state index contributed by atoms with van der Waals surface area (Å²) in [6.45, 7) is 24.0. The van der Waals surface area contributed by atoms with Gasteiger partial charge in [-0.1, -0.05) is 61.2 Å². The summed E-state index contributed by atoms with van der Waals surface area (Å²) in [5.74, 6) is 4.19. The van der Waals surface area contributed by atoms with Crippen molar-refractivity contribution in [3.8, 4) is 5.30 Å². The zero-order valence-electron chi connectivity index (χ0n) is 22.3. The highest BCUT2D eigenvalue weighted by Crippen LogP contribution is 2.57. The van der Waals surface area contributed by atoms with E-state index in [-0.39, 0.29) is 0 Å². The van der Waals surface area contributed by atoms with Gasteiger partial charge < -0.3 is 9.47 Å². The molecule has 34 heavy (non-hydrogen) atoms. The molecule has 4 rings (SSSR count). The van der Waals surface area contributed by atoms with Gasteiger partial charge in [-0.15, -0.1) is 0 Å². The van der Waals surface area contributed by atoms with Crippen LogP contribution in [0, 0.1) is 6.92 Å². The molecule has 188 valence electrons. The second-order valence-corrected chi connectivity index (χ2v) is 15.2. The van der Waals surface area contributed by atoms with Gasteiger partial charge >= 0.3 is 0 Å². The van der Waals surface area contributed by atoms with E-state index < -0.39 is 15.8 Å². The van der Waals surface area contributed by atoms with E-state index in [1.54, 1.807) is 21.5 Å². The van der Waals surface area contributed by atoms with E-state index >= 15 is 0 Å². The van der Waals surface area contributed by atoms with Gasteiger partial charge in [0.15, 0.2) is 0 Å². The quantitative estimate of drug-likeness (QED) is 0.383. The number of rotatable bonds is 7. The minimum Gasteiger partial charge on any atom is -0.379 e. The minimum atomic E-state index is -0.527. The van der Waals surface area contributed by atoms with Gasteiger partial charge in [0.05, 0.1) is 34.7 Å². The Labute approximate surface area is 209 Å². The largest absolute Gasteiger partial charge is 0.379 e. The summed E-state index contributed by atoms with van der Waals surface area (Å²) in [6.07, 6.45) is 0. The Kier molecular flexibility index (Phi) is 8.95. The molecule has 1 atom stereocenters. The fraction of sp³-hybridized carbons (Fsp3) is 0.643. The lowest BCUT2D eigenvalue weighted by Gasteiger charge is -2.42. The molecule has 0 radical (unpaired) electrons. The first-order valence-corrected chi connectivity index (χ1v) is 15.8. The topological polar surface area (TPSA) is 24.9 Å². The molecule has 2 aliphatic heterocycles. The molecule has 2 saturated heterocycles. The van der Waals surface area contributed by atoms with Gasteiger partial charge in [0.25, 0.3) is 0 Å². The molecule has 1 unspecified atom stereocenters. The lowest BCUT2D eigenvalue weighted by molar-refractivity contribution is 0.0594. The highest BCUT2D eigenvalue weighted by Gasteiger charge is 2.33. The highest BCUT2D eigenvalue weighted by atomic mass is 31.2. The third kappa shape index (κ3) is 5.64. The maximum Gasteiger partial charge on any atom is 0.0773 e. The standard InChI is InChI=1S/C28H44N2O2P2/c1-20(2)24-17-25(21(3)4)28(26(18-24)22(5)6)33-19-23(7)16-27(33)34(29-8-12-31-13-9-29)30-10-14-32-15-11-30/h16-22H,8-15H2,1-7H3. The molecule has 1 aromatic carbocycles. The van der Waals surface area contributed by atoms with E-state index in [1.807, 2.05) is 0 Å². The molecule has 0 saturated carbocycles. The third-order valence-corrected chi connectivity index (χ3v) is 12.9. The van der Waals surface area contributed by atoms with E-state index in [9.17, 15) is 0 Å². The zero-order valence-corrected chi connectivity index (χ0v) is 24.1. The summed E-state index contributed by atoms with van der Waals surface area (Å²) in [7, 11) is -1.03. The van der Waals surface area contributed by atoms with E-state index in [2.05, 4.69) is 81.8 Å². The molecule has 0 amide bonds. The van der Waals surface area contributed by atoms with Crippen molar-refractivity contribution < 1.29 is 9.47 Å². The Morgan fingerprint density at radius 2 is 1.21 bits per heavy atom. The Hall–Kier alpha value is -0.730. The van der Waals surface area contributed by atoms with Gasteiger partial charge in [0, 0.05) is 36.5 Å². The normalized spacial score (nSPS) is 19.2. The number of hydrogen-bond donors (Lipinski definition) is 0. The molecule has 0 spiro atoms. The summed E-state index contributed by atoms with van der Waals surface area (Å²) < 4.78 is 17.0. The molecule has 0 aliphatic carbocycles. The SMILES string of the molecule is Cc1cc(P(N2CCOCC2)N2CCOCC2)p(-c2c(C(C)C)cc(C(C)C)cc2C(C)C)c1. The van der Waals surface area contributed by atoms with Crippen LogP contribution in [-0.2, 0) is 9.47 Å². The summed E-state index contributed by atoms with van der Waals surface area (Å²) in [4.78, 5) is 0. The lowest BCUT2D eigenvalue weighted by atomic mass is 9.89. The Morgan fingerprint density at radius 1 is 0.735 bits per heavy atom. The molecular formula is C28H44N2O2P2. The first-order chi connectivity index (χ1) is 16.3. The molecule has 0 bridgehead atoms. The van der Waals surface area contributed by atoms with Crippen molar-refractivity contribution in [2.24, 2.45) is 0 Å². The van der Waals surface area contributed by atoms with Gasteiger partial charge in [-0.25, -0.2) is 0 Å². The molecule has 2 aliphatic rings. The van der Waals surface area contributed by atoms with Gasteiger partial charge in [-0.2, -0.15) is 0 Å². The van der Waals surface area contributed by atoms with Crippen molar-refractivity contribution in [1.82, 2.24) is 9.34 Å². The average Bonchev–Trinajstić information content (AvgIpc) is 3.20. The van der Waals surface area contributed by atoms with Crippen molar-refractivity contribution in [3.63, 3.8) is 0 Å².